The van der Waals surface area contributed by atoms with Gasteiger partial charge in [-0.1, -0.05) is 38.1 Å². The Hall–Kier alpha value is -0.900. The second-order valence-electron chi connectivity index (χ2n) is 7.18. The molecule has 0 aliphatic carbocycles. The van der Waals surface area contributed by atoms with Gasteiger partial charge in [0.2, 0.25) is 0 Å². The molecule has 0 amide bonds. The predicted molar refractivity (Wildman–Crippen MR) is 87.1 cm³/mol. The standard InChI is InChI=1S/C19H28O3/c1-3-16-5-7-17(8-6-16)9-19(14-22-15-19)13-21-12-18(4-2)10-20-11-18/h5-8H,3-4,9-15H2,1-2H3. The molecule has 122 valence electrons. The minimum Gasteiger partial charge on any atom is -0.380 e. The third-order valence-electron chi connectivity index (χ3n) is 5.21. The third-order valence-corrected chi connectivity index (χ3v) is 5.21. The van der Waals surface area contributed by atoms with Crippen LogP contribution < -0.4 is 0 Å². The Bertz CT molecular complexity index is 466. The van der Waals surface area contributed by atoms with Gasteiger partial charge in [-0.3, -0.25) is 0 Å². The van der Waals surface area contributed by atoms with E-state index in [1.54, 1.807) is 0 Å². The highest BCUT2D eigenvalue weighted by atomic mass is 16.5. The molecular formula is C19H28O3. The minimum absolute atomic E-state index is 0.174. The summed E-state index contributed by atoms with van der Waals surface area (Å²) in [6.07, 6.45) is 3.28. The van der Waals surface area contributed by atoms with Crippen molar-refractivity contribution in [1.82, 2.24) is 0 Å². The fourth-order valence-corrected chi connectivity index (χ4v) is 3.22. The molecule has 2 aliphatic heterocycles. The van der Waals surface area contributed by atoms with Gasteiger partial charge in [0.15, 0.2) is 0 Å². The van der Waals surface area contributed by atoms with Crippen LogP contribution in [0.5, 0.6) is 0 Å². The largest absolute Gasteiger partial charge is 0.380 e. The second kappa shape index (κ2) is 6.69. The van der Waals surface area contributed by atoms with Crippen molar-refractivity contribution in [1.29, 1.82) is 0 Å². The lowest BCUT2D eigenvalue weighted by atomic mass is 9.80. The molecule has 0 bridgehead atoms. The summed E-state index contributed by atoms with van der Waals surface area (Å²) < 4.78 is 17.0. The average molecular weight is 304 g/mol. The topological polar surface area (TPSA) is 27.7 Å². The Morgan fingerprint density at radius 3 is 1.86 bits per heavy atom. The van der Waals surface area contributed by atoms with E-state index in [-0.39, 0.29) is 10.8 Å². The minimum atomic E-state index is 0.174. The Labute approximate surface area is 134 Å². The molecule has 3 heteroatoms. The molecule has 1 aromatic carbocycles. The summed E-state index contributed by atoms with van der Waals surface area (Å²) >= 11 is 0. The van der Waals surface area contributed by atoms with Gasteiger partial charge in [0.05, 0.1) is 39.6 Å². The number of hydrogen-bond donors (Lipinski definition) is 0. The summed E-state index contributed by atoms with van der Waals surface area (Å²) in [5.74, 6) is 0. The van der Waals surface area contributed by atoms with Crippen LogP contribution in [-0.2, 0) is 27.1 Å². The maximum atomic E-state index is 6.10. The van der Waals surface area contributed by atoms with Crippen molar-refractivity contribution in [3.63, 3.8) is 0 Å². The lowest BCUT2D eigenvalue weighted by Gasteiger charge is -2.44. The lowest BCUT2D eigenvalue weighted by molar-refractivity contribution is -0.186. The number of hydrogen-bond acceptors (Lipinski definition) is 3. The van der Waals surface area contributed by atoms with Crippen molar-refractivity contribution in [2.24, 2.45) is 10.8 Å². The zero-order chi connectivity index (χ0) is 15.5. The summed E-state index contributed by atoms with van der Waals surface area (Å²) in [6, 6.07) is 8.99. The van der Waals surface area contributed by atoms with Crippen molar-refractivity contribution in [3.05, 3.63) is 35.4 Å². The van der Waals surface area contributed by atoms with Gasteiger partial charge >= 0.3 is 0 Å². The van der Waals surface area contributed by atoms with E-state index in [4.69, 9.17) is 14.2 Å². The van der Waals surface area contributed by atoms with Crippen LogP contribution in [0.15, 0.2) is 24.3 Å². The SMILES string of the molecule is CCc1ccc(CC2(COCC3(CC)COC3)COC2)cc1. The smallest absolute Gasteiger partial charge is 0.0570 e. The molecule has 2 aliphatic rings. The van der Waals surface area contributed by atoms with E-state index >= 15 is 0 Å². The summed E-state index contributed by atoms with van der Waals surface area (Å²) in [5.41, 5.74) is 3.23. The Kier molecular flexibility index (Phi) is 4.86. The van der Waals surface area contributed by atoms with Crippen molar-refractivity contribution in [2.45, 2.75) is 33.1 Å². The van der Waals surface area contributed by atoms with Crippen LogP contribution in [0, 0.1) is 10.8 Å². The number of aryl methyl sites for hydroxylation is 1. The van der Waals surface area contributed by atoms with E-state index in [1.807, 2.05) is 0 Å². The van der Waals surface area contributed by atoms with Crippen molar-refractivity contribution in [3.8, 4) is 0 Å². The quantitative estimate of drug-likeness (QED) is 0.738. The van der Waals surface area contributed by atoms with Crippen LogP contribution in [0.4, 0.5) is 0 Å². The molecule has 0 unspecified atom stereocenters. The first-order valence-electron chi connectivity index (χ1n) is 8.50. The van der Waals surface area contributed by atoms with E-state index in [1.165, 1.54) is 11.1 Å². The first-order chi connectivity index (χ1) is 10.7. The van der Waals surface area contributed by atoms with Gasteiger partial charge in [0.1, 0.15) is 0 Å². The molecule has 2 heterocycles. The maximum absolute atomic E-state index is 6.10. The zero-order valence-electron chi connectivity index (χ0n) is 13.9. The molecule has 0 spiro atoms. The normalized spacial score (nSPS) is 21.9. The van der Waals surface area contributed by atoms with Crippen LogP contribution in [0.1, 0.15) is 31.4 Å². The van der Waals surface area contributed by atoms with Gasteiger partial charge in [-0.2, -0.15) is 0 Å². The highest BCUT2D eigenvalue weighted by molar-refractivity contribution is 5.24. The Morgan fingerprint density at radius 1 is 0.864 bits per heavy atom. The van der Waals surface area contributed by atoms with Crippen molar-refractivity contribution >= 4 is 0 Å². The van der Waals surface area contributed by atoms with E-state index in [9.17, 15) is 0 Å². The Balaban J connectivity index is 1.52. The zero-order valence-corrected chi connectivity index (χ0v) is 13.9. The molecular weight excluding hydrogens is 276 g/mol. The van der Waals surface area contributed by atoms with Gasteiger partial charge in [-0.05, 0) is 30.4 Å². The molecule has 0 radical (unpaired) electrons. The van der Waals surface area contributed by atoms with Gasteiger partial charge < -0.3 is 14.2 Å². The summed E-state index contributed by atoms with van der Waals surface area (Å²) in [4.78, 5) is 0. The summed E-state index contributed by atoms with van der Waals surface area (Å²) in [5, 5.41) is 0. The molecule has 22 heavy (non-hydrogen) atoms. The number of ether oxygens (including phenoxy) is 3. The molecule has 0 saturated carbocycles. The predicted octanol–water partition coefficient (Wildman–Crippen LogP) is 3.25. The average Bonchev–Trinajstić information content (AvgIpc) is 2.48. The van der Waals surface area contributed by atoms with Crippen LogP contribution in [0.3, 0.4) is 0 Å². The van der Waals surface area contributed by atoms with Crippen LogP contribution >= 0.6 is 0 Å². The van der Waals surface area contributed by atoms with Gasteiger partial charge in [0, 0.05) is 10.8 Å². The number of benzene rings is 1. The first-order valence-corrected chi connectivity index (χ1v) is 8.50. The van der Waals surface area contributed by atoms with E-state index in [2.05, 4.69) is 38.1 Å². The monoisotopic (exact) mass is 304 g/mol. The van der Waals surface area contributed by atoms with E-state index in [0.717, 1.165) is 58.9 Å². The fourth-order valence-electron chi connectivity index (χ4n) is 3.22. The van der Waals surface area contributed by atoms with Gasteiger partial charge in [-0.25, -0.2) is 0 Å². The van der Waals surface area contributed by atoms with Gasteiger partial charge in [0.25, 0.3) is 0 Å². The molecule has 0 atom stereocenters. The van der Waals surface area contributed by atoms with Crippen LogP contribution in [0.25, 0.3) is 0 Å². The molecule has 3 rings (SSSR count). The summed E-state index contributed by atoms with van der Waals surface area (Å²) in [6.45, 7) is 9.37. The lowest BCUT2D eigenvalue weighted by Crippen LogP contribution is -2.50. The number of rotatable bonds is 8. The molecule has 3 nitrogen and oxygen atoms in total. The van der Waals surface area contributed by atoms with Crippen molar-refractivity contribution < 1.29 is 14.2 Å². The molecule has 2 saturated heterocycles. The highest BCUT2D eigenvalue weighted by Gasteiger charge is 2.41. The fraction of sp³-hybridized carbons (Fsp3) is 0.684. The second-order valence-corrected chi connectivity index (χ2v) is 7.18. The highest BCUT2D eigenvalue weighted by Crippen LogP contribution is 2.35. The summed E-state index contributed by atoms with van der Waals surface area (Å²) in [7, 11) is 0. The van der Waals surface area contributed by atoms with Crippen molar-refractivity contribution in [2.75, 3.05) is 39.6 Å². The van der Waals surface area contributed by atoms with E-state index < -0.39 is 0 Å². The third kappa shape index (κ3) is 3.37. The molecule has 0 N–H and O–H groups in total. The molecule has 1 aromatic rings. The van der Waals surface area contributed by atoms with Gasteiger partial charge in [-0.15, -0.1) is 0 Å². The molecule has 2 fully saturated rings. The Morgan fingerprint density at radius 2 is 1.41 bits per heavy atom. The van der Waals surface area contributed by atoms with Crippen LogP contribution in [-0.4, -0.2) is 39.6 Å². The maximum Gasteiger partial charge on any atom is 0.0570 e. The van der Waals surface area contributed by atoms with E-state index in [0.29, 0.717) is 0 Å². The first kappa shape index (κ1) is 16.0. The molecule has 0 aromatic heterocycles. The van der Waals surface area contributed by atoms with Crippen LogP contribution in [0.2, 0.25) is 0 Å².